The van der Waals surface area contributed by atoms with E-state index >= 15 is 0 Å². The van der Waals surface area contributed by atoms with Gasteiger partial charge in [-0.05, 0) is 192 Å². The molecule has 11 nitrogen and oxygen atoms in total. The molecule has 0 radical (unpaired) electrons. The van der Waals surface area contributed by atoms with Crippen LogP contribution in [0.2, 0.25) is 0 Å². The van der Waals surface area contributed by atoms with Gasteiger partial charge in [0, 0.05) is 85.4 Å². The molecule has 60 heavy (non-hydrogen) atoms. The van der Waals surface area contributed by atoms with E-state index in [0.717, 1.165) is 63.6 Å². The smallest absolute Gasteiger partial charge is 0.217 e. The number of ether oxygens (including phenoxy) is 1. The minimum absolute atomic E-state index is 0.0501. The van der Waals surface area contributed by atoms with Gasteiger partial charge in [0.1, 0.15) is 0 Å². The lowest BCUT2D eigenvalue weighted by atomic mass is 9.39. The van der Waals surface area contributed by atoms with Crippen LogP contribution < -0.4 is 37.2 Å². The molecule has 0 unspecified atom stereocenters. The fourth-order valence-electron chi connectivity index (χ4n) is 10.1. The molecule has 0 aromatic heterocycles. The minimum Gasteiger partial charge on any atom is -0.388 e. The Labute approximate surface area is 368 Å². The standard InChI is InChI=1S/C13H24N2.2C12H24N2O.C12H23NO2/c1-10(2)14-9-12-6-13(7-12,8-12)15-11(3,4)5;2*1-9(15)13-10-5-7-11(8-6-10)14-12(2,3)4;1-9(14)13-10-5-7-11(8-6-10)15-12(2,3)4/h14-15H,1,6-9H2,2-5H3;2*10-11,14H,5-8H2,1-4H3,(H,13,15);10-11H,5-8H2,1-4H3,(H,13,14). The third kappa shape index (κ3) is 23.3. The fourth-order valence-corrected chi connectivity index (χ4v) is 10.1. The van der Waals surface area contributed by atoms with Gasteiger partial charge in [-0.25, -0.2) is 0 Å². The second kappa shape index (κ2) is 22.9. The fraction of sp³-hybridized carbons (Fsp3) is 0.898. The molecule has 0 spiro atoms. The van der Waals surface area contributed by atoms with Crippen LogP contribution in [0.4, 0.5) is 0 Å². The molecule has 6 aliphatic rings. The van der Waals surface area contributed by atoms with Crippen molar-refractivity contribution in [2.24, 2.45) is 5.41 Å². The Morgan fingerprint density at radius 1 is 0.517 bits per heavy atom. The summed E-state index contributed by atoms with van der Waals surface area (Å²) in [6, 6.07) is 2.41. The number of amides is 3. The zero-order valence-corrected chi connectivity index (χ0v) is 41.6. The van der Waals surface area contributed by atoms with Gasteiger partial charge in [-0.15, -0.1) is 0 Å². The second-order valence-corrected chi connectivity index (χ2v) is 23.5. The first-order chi connectivity index (χ1) is 27.3. The van der Waals surface area contributed by atoms with Crippen LogP contribution in [0.5, 0.6) is 0 Å². The van der Waals surface area contributed by atoms with E-state index in [2.05, 4.69) is 127 Å². The van der Waals surface area contributed by atoms with Gasteiger partial charge in [-0.1, -0.05) is 6.58 Å². The Bertz CT molecular complexity index is 1200. The molecule has 6 saturated carbocycles. The van der Waals surface area contributed by atoms with E-state index in [1.807, 2.05) is 6.92 Å². The molecule has 350 valence electrons. The van der Waals surface area contributed by atoms with Gasteiger partial charge in [-0.2, -0.15) is 0 Å². The van der Waals surface area contributed by atoms with Crippen molar-refractivity contribution >= 4 is 17.7 Å². The number of rotatable bonds is 10. The molecule has 3 amide bonds. The maximum Gasteiger partial charge on any atom is 0.217 e. The van der Waals surface area contributed by atoms with Gasteiger partial charge in [-0.3, -0.25) is 14.4 Å². The molecular formula is C49H95N7O4. The van der Waals surface area contributed by atoms with Crippen LogP contribution in [0.3, 0.4) is 0 Å². The number of carbonyl (C=O) groups is 3. The Kier molecular flexibility index (Phi) is 20.6. The molecule has 6 aliphatic carbocycles. The third-order valence-electron chi connectivity index (χ3n) is 11.7. The summed E-state index contributed by atoms with van der Waals surface area (Å²) in [5, 5.41) is 23.3. The Balaban J connectivity index is 0.000000276. The van der Waals surface area contributed by atoms with Crippen LogP contribution in [0.15, 0.2) is 12.3 Å². The quantitative estimate of drug-likeness (QED) is 0.116. The summed E-state index contributed by atoms with van der Waals surface area (Å²) in [5.41, 5.74) is 2.78. The van der Waals surface area contributed by atoms with Crippen molar-refractivity contribution in [2.75, 3.05) is 6.54 Å². The van der Waals surface area contributed by atoms with Crippen molar-refractivity contribution in [1.29, 1.82) is 0 Å². The summed E-state index contributed by atoms with van der Waals surface area (Å²) < 4.78 is 5.92. The van der Waals surface area contributed by atoms with Crippen molar-refractivity contribution in [2.45, 2.75) is 271 Å². The zero-order chi connectivity index (χ0) is 45.7. The molecule has 7 N–H and O–H groups in total. The number of hydrogen-bond acceptors (Lipinski definition) is 8. The first kappa shape index (κ1) is 53.9. The molecule has 6 fully saturated rings. The average molecular weight is 846 g/mol. The van der Waals surface area contributed by atoms with E-state index in [1.54, 1.807) is 20.8 Å². The largest absolute Gasteiger partial charge is 0.388 e. The first-order valence-corrected chi connectivity index (χ1v) is 23.6. The maximum absolute atomic E-state index is 10.9. The van der Waals surface area contributed by atoms with Crippen molar-refractivity contribution in [3.63, 3.8) is 0 Å². The Morgan fingerprint density at radius 3 is 1.10 bits per heavy atom. The number of carbonyl (C=O) groups excluding carboxylic acids is 3. The van der Waals surface area contributed by atoms with Gasteiger partial charge in [0.25, 0.3) is 0 Å². The van der Waals surface area contributed by atoms with Crippen molar-refractivity contribution in [3.05, 3.63) is 12.3 Å². The van der Waals surface area contributed by atoms with E-state index in [-0.39, 0.29) is 39.9 Å². The van der Waals surface area contributed by atoms with Crippen LogP contribution >= 0.6 is 0 Å². The Hall–Kier alpha value is -2.21. The zero-order valence-electron chi connectivity index (χ0n) is 41.6. The van der Waals surface area contributed by atoms with E-state index in [4.69, 9.17) is 4.74 Å². The number of nitrogens with one attached hydrogen (secondary N) is 7. The highest BCUT2D eigenvalue weighted by atomic mass is 16.5. The van der Waals surface area contributed by atoms with Gasteiger partial charge in [0.2, 0.25) is 17.7 Å². The molecule has 0 saturated heterocycles. The lowest BCUT2D eigenvalue weighted by Crippen LogP contribution is -2.78. The molecule has 0 aromatic rings. The first-order valence-electron chi connectivity index (χ1n) is 23.6. The van der Waals surface area contributed by atoms with Crippen LogP contribution in [-0.4, -0.2) is 88.3 Å². The molecular weight excluding hydrogens is 751 g/mol. The van der Waals surface area contributed by atoms with Gasteiger partial charge in [0.15, 0.2) is 0 Å². The van der Waals surface area contributed by atoms with E-state index in [1.165, 1.54) is 44.9 Å². The van der Waals surface area contributed by atoms with Gasteiger partial charge in [0.05, 0.1) is 11.7 Å². The summed E-state index contributed by atoms with van der Waals surface area (Å²) in [4.78, 5) is 32.7. The van der Waals surface area contributed by atoms with Crippen LogP contribution in [-0.2, 0) is 19.1 Å². The van der Waals surface area contributed by atoms with Gasteiger partial charge < -0.3 is 42.0 Å². The van der Waals surface area contributed by atoms with Crippen molar-refractivity contribution in [3.8, 4) is 0 Å². The lowest BCUT2D eigenvalue weighted by molar-refractivity contribution is -0.160. The summed E-state index contributed by atoms with van der Waals surface area (Å²) in [5.74, 6) is 0.277. The van der Waals surface area contributed by atoms with E-state index in [0.29, 0.717) is 47.3 Å². The molecule has 0 aromatic carbocycles. The second-order valence-electron chi connectivity index (χ2n) is 23.5. The monoisotopic (exact) mass is 846 g/mol. The highest BCUT2D eigenvalue weighted by molar-refractivity contribution is 5.73. The molecule has 11 heteroatoms. The van der Waals surface area contributed by atoms with E-state index in [9.17, 15) is 14.4 Å². The summed E-state index contributed by atoms with van der Waals surface area (Å²) >= 11 is 0. The normalized spacial score (nSPS) is 30.1. The number of allylic oxidation sites excluding steroid dienone is 1. The topological polar surface area (TPSA) is 145 Å². The highest BCUT2D eigenvalue weighted by Gasteiger charge is 2.67. The number of hydrogen-bond donors (Lipinski definition) is 7. The van der Waals surface area contributed by atoms with Gasteiger partial charge >= 0.3 is 0 Å². The van der Waals surface area contributed by atoms with Crippen molar-refractivity contribution in [1.82, 2.24) is 37.2 Å². The Morgan fingerprint density at radius 2 is 0.833 bits per heavy atom. The molecule has 0 atom stereocenters. The summed E-state index contributed by atoms with van der Waals surface area (Å²) in [6.07, 6.45) is 17.7. The molecule has 6 rings (SSSR count). The highest BCUT2D eigenvalue weighted by Crippen LogP contribution is 2.67. The minimum atomic E-state index is -0.0501. The van der Waals surface area contributed by atoms with Crippen LogP contribution in [0, 0.1) is 5.41 Å². The molecule has 0 heterocycles. The molecule has 2 bridgehead atoms. The van der Waals surface area contributed by atoms with E-state index < -0.39 is 0 Å². The van der Waals surface area contributed by atoms with Crippen molar-refractivity contribution < 1.29 is 19.1 Å². The third-order valence-corrected chi connectivity index (χ3v) is 11.7. The predicted octanol–water partition coefficient (Wildman–Crippen LogP) is 8.31. The summed E-state index contributed by atoms with van der Waals surface area (Å²) in [7, 11) is 0. The van der Waals surface area contributed by atoms with Crippen LogP contribution in [0.25, 0.3) is 0 Å². The SMILES string of the molecule is C=C(C)NCC12CC(NC(C)(C)C)(C1)C2.CC(=O)NC1CCC(NC(C)(C)C)CC1.CC(=O)NC1CCC(NC(C)(C)C)CC1.CC(=O)NC1CCC(OC(C)(C)C)CC1. The molecule has 0 aliphatic heterocycles. The average Bonchev–Trinajstić information content (AvgIpc) is 3.02. The maximum atomic E-state index is 10.9. The van der Waals surface area contributed by atoms with Crippen LogP contribution in [0.1, 0.15) is 207 Å². The predicted molar refractivity (Wildman–Crippen MR) is 251 cm³/mol. The lowest BCUT2D eigenvalue weighted by Gasteiger charge is -2.72. The summed E-state index contributed by atoms with van der Waals surface area (Å²) in [6.45, 7) is 38.1.